The molecule has 2 aliphatic rings. The number of nitrogens with zero attached hydrogens (tertiary/aromatic N) is 3. The molecule has 1 heterocycles. The summed E-state index contributed by atoms with van der Waals surface area (Å²) in [6.07, 6.45) is 8.67. The first-order valence-electron chi connectivity index (χ1n) is 11.1. The van der Waals surface area contributed by atoms with Gasteiger partial charge in [0.1, 0.15) is 5.82 Å². The van der Waals surface area contributed by atoms with Gasteiger partial charge in [0.2, 0.25) is 5.91 Å². The Morgan fingerprint density at radius 3 is 2.72 bits per heavy atom. The van der Waals surface area contributed by atoms with Crippen molar-refractivity contribution in [2.75, 3.05) is 46.8 Å². The number of benzene rings is 1. The Labute approximate surface area is 175 Å². The lowest BCUT2D eigenvalue weighted by Crippen LogP contribution is -2.45. The molecule has 3 rings (SSSR count). The van der Waals surface area contributed by atoms with Gasteiger partial charge < -0.3 is 9.80 Å². The van der Waals surface area contributed by atoms with Crippen molar-refractivity contribution in [1.82, 2.24) is 14.7 Å². The number of hydrogen-bond donors (Lipinski definition) is 0. The van der Waals surface area contributed by atoms with Gasteiger partial charge >= 0.3 is 0 Å². The molecule has 1 saturated heterocycles. The summed E-state index contributed by atoms with van der Waals surface area (Å²) in [6.45, 7) is 5.04. The molecule has 0 unspecified atom stereocenters. The van der Waals surface area contributed by atoms with E-state index < -0.39 is 0 Å². The van der Waals surface area contributed by atoms with Gasteiger partial charge in [0, 0.05) is 43.9 Å². The summed E-state index contributed by atoms with van der Waals surface area (Å²) in [6, 6.07) is 7.06. The van der Waals surface area contributed by atoms with Crippen LogP contribution >= 0.6 is 0 Å². The van der Waals surface area contributed by atoms with Crippen LogP contribution in [0.5, 0.6) is 0 Å². The van der Waals surface area contributed by atoms with Gasteiger partial charge in [-0.25, -0.2) is 4.39 Å². The van der Waals surface area contributed by atoms with Crippen LogP contribution in [0.1, 0.15) is 44.1 Å². The first-order chi connectivity index (χ1) is 14.0. The predicted molar refractivity (Wildman–Crippen MR) is 116 cm³/mol. The minimum atomic E-state index is -0.123. The fraction of sp³-hybridized carbons (Fsp3) is 0.625. The number of carbonyl (C=O) groups excluding carboxylic acids is 1. The molecule has 1 fully saturated rings. The number of rotatable bonds is 8. The zero-order valence-corrected chi connectivity index (χ0v) is 18.1. The van der Waals surface area contributed by atoms with E-state index in [1.165, 1.54) is 12.5 Å². The predicted octanol–water partition coefficient (Wildman–Crippen LogP) is 3.93. The molecule has 1 aliphatic carbocycles. The summed E-state index contributed by atoms with van der Waals surface area (Å²) >= 11 is 0. The lowest BCUT2D eigenvalue weighted by Gasteiger charge is -2.36. The Kier molecular flexibility index (Phi) is 8.25. The maximum Gasteiger partial charge on any atom is 0.249 e. The lowest BCUT2D eigenvalue weighted by atomic mass is 9.95. The van der Waals surface area contributed by atoms with E-state index in [-0.39, 0.29) is 11.7 Å². The average molecular weight is 402 g/mol. The fourth-order valence-electron chi connectivity index (χ4n) is 4.46. The number of likely N-dealkylation sites (tertiary alicyclic amines) is 1. The smallest absolute Gasteiger partial charge is 0.249 e. The van der Waals surface area contributed by atoms with Gasteiger partial charge in [-0.3, -0.25) is 9.69 Å². The molecule has 4 nitrogen and oxygen atoms in total. The van der Waals surface area contributed by atoms with Crippen LogP contribution in [0.4, 0.5) is 4.39 Å². The molecular formula is C24H36FN3O. The van der Waals surface area contributed by atoms with Gasteiger partial charge in [-0.1, -0.05) is 24.3 Å². The van der Waals surface area contributed by atoms with E-state index in [0.717, 1.165) is 76.0 Å². The Bertz CT molecular complexity index is 703. The highest BCUT2D eigenvalue weighted by Gasteiger charge is 2.26. The van der Waals surface area contributed by atoms with Crippen molar-refractivity contribution in [3.8, 4) is 0 Å². The van der Waals surface area contributed by atoms with Crippen molar-refractivity contribution in [2.45, 2.75) is 45.1 Å². The monoisotopic (exact) mass is 401 g/mol. The molecule has 1 amide bonds. The molecule has 1 atom stereocenters. The zero-order valence-electron chi connectivity index (χ0n) is 18.1. The van der Waals surface area contributed by atoms with E-state index in [1.54, 1.807) is 6.07 Å². The van der Waals surface area contributed by atoms with Gasteiger partial charge in [0.15, 0.2) is 0 Å². The van der Waals surface area contributed by atoms with E-state index in [2.05, 4.69) is 34.9 Å². The number of allylic oxidation sites excluding steroid dienone is 1. The van der Waals surface area contributed by atoms with Crippen molar-refractivity contribution in [2.24, 2.45) is 5.92 Å². The molecule has 0 saturated carbocycles. The van der Waals surface area contributed by atoms with Crippen LogP contribution in [0, 0.1) is 11.7 Å². The summed E-state index contributed by atoms with van der Waals surface area (Å²) in [5.41, 5.74) is 1.77. The van der Waals surface area contributed by atoms with E-state index >= 15 is 0 Å². The van der Waals surface area contributed by atoms with Crippen LogP contribution in [0.3, 0.4) is 0 Å². The first kappa shape index (κ1) is 22.0. The van der Waals surface area contributed by atoms with E-state index in [9.17, 15) is 9.18 Å². The SMILES string of the molecule is CN(C)CCN(C[C@H]1CCCN(Cc2ccccc2F)C1)C(=O)C1=CCCCC1. The van der Waals surface area contributed by atoms with Crippen LogP contribution in [0.2, 0.25) is 0 Å². The summed E-state index contributed by atoms with van der Waals surface area (Å²) in [7, 11) is 4.11. The molecule has 160 valence electrons. The second-order valence-corrected chi connectivity index (χ2v) is 8.86. The van der Waals surface area contributed by atoms with E-state index in [4.69, 9.17) is 0 Å². The standard InChI is InChI=1S/C24H36FN3O/c1-26(2)15-16-28(24(29)21-10-4-3-5-11-21)18-20-9-8-14-27(17-20)19-22-12-6-7-13-23(22)25/h6-7,10,12-13,20H,3-5,8-9,11,14-19H2,1-2H3/t20-/m0/s1. The second kappa shape index (κ2) is 10.9. The number of amides is 1. The maximum atomic E-state index is 14.0. The Balaban J connectivity index is 1.62. The third-order valence-electron chi connectivity index (χ3n) is 6.10. The number of hydrogen-bond acceptors (Lipinski definition) is 3. The van der Waals surface area contributed by atoms with Crippen molar-refractivity contribution < 1.29 is 9.18 Å². The normalized spacial score (nSPS) is 20.6. The average Bonchev–Trinajstić information content (AvgIpc) is 2.73. The largest absolute Gasteiger partial charge is 0.337 e. The third kappa shape index (κ3) is 6.65. The molecule has 29 heavy (non-hydrogen) atoms. The molecule has 0 spiro atoms. The molecule has 0 bridgehead atoms. The van der Waals surface area contributed by atoms with Crippen LogP contribution in [0.25, 0.3) is 0 Å². The Morgan fingerprint density at radius 1 is 1.17 bits per heavy atom. The minimum Gasteiger partial charge on any atom is -0.337 e. The topological polar surface area (TPSA) is 26.8 Å². The number of halogens is 1. The van der Waals surface area contributed by atoms with Gasteiger partial charge in [0.25, 0.3) is 0 Å². The quantitative estimate of drug-likeness (QED) is 0.660. The highest BCUT2D eigenvalue weighted by atomic mass is 19.1. The summed E-state index contributed by atoms with van der Waals surface area (Å²) in [5, 5.41) is 0. The number of carbonyl (C=O) groups is 1. The highest BCUT2D eigenvalue weighted by Crippen LogP contribution is 2.23. The summed E-state index contributed by atoms with van der Waals surface area (Å²) in [5.74, 6) is 0.560. The molecular weight excluding hydrogens is 365 g/mol. The molecule has 1 aromatic rings. The fourth-order valence-corrected chi connectivity index (χ4v) is 4.46. The van der Waals surface area contributed by atoms with Crippen LogP contribution < -0.4 is 0 Å². The second-order valence-electron chi connectivity index (χ2n) is 8.86. The van der Waals surface area contributed by atoms with E-state index in [1.807, 2.05) is 12.1 Å². The molecule has 1 aromatic carbocycles. The number of piperidine rings is 1. The van der Waals surface area contributed by atoms with E-state index in [0.29, 0.717) is 12.5 Å². The van der Waals surface area contributed by atoms with Gasteiger partial charge in [-0.05, 0) is 71.1 Å². The number of likely N-dealkylation sites (N-methyl/N-ethyl adjacent to an activating group) is 1. The van der Waals surface area contributed by atoms with Gasteiger partial charge in [-0.2, -0.15) is 0 Å². The highest BCUT2D eigenvalue weighted by molar-refractivity contribution is 5.93. The van der Waals surface area contributed by atoms with Crippen molar-refractivity contribution in [1.29, 1.82) is 0 Å². The third-order valence-corrected chi connectivity index (χ3v) is 6.10. The maximum absolute atomic E-state index is 14.0. The molecule has 0 radical (unpaired) electrons. The van der Waals surface area contributed by atoms with Gasteiger partial charge in [-0.15, -0.1) is 0 Å². The summed E-state index contributed by atoms with van der Waals surface area (Å²) in [4.78, 5) is 19.7. The van der Waals surface area contributed by atoms with Crippen LogP contribution in [-0.4, -0.2) is 67.4 Å². The molecule has 5 heteroatoms. The lowest BCUT2D eigenvalue weighted by molar-refractivity contribution is -0.128. The Morgan fingerprint density at radius 2 is 2.00 bits per heavy atom. The minimum absolute atomic E-state index is 0.123. The first-order valence-corrected chi connectivity index (χ1v) is 11.1. The van der Waals surface area contributed by atoms with Gasteiger partial charge in [0.05, 0.1) is 0 Å². The Hall–Kier alpha value is -1.72. The summed E-state index contributed by atoms with van der Waals surface area (Å²) < 4.78 is 14.0. The zero-order chi connectivity index (χ0) is 20.6. The van der Waals surface area contributed by atoms with Crippen molar-refractivity contribution in [3.63, 3.8) is 0 Å². The van der Waals surface area contributed by atoms with Crippen LogP contribution in [-0.2, 0) is 11.3 Å². The van der Waals surface area contributed by atoms with Crippen molar-refractivity contribution in [3.05, 3.63) is 47.3 Å². The molecule has 0 aromatic heterocycles. The molecule has 0 N–H and O–H groups in total. The molecule has 1 aliphatic heterocycles. The van der Waals surface area contributed by atoms with Crippen LogP contribution in [0.15, 0.2) is 35.9 Å². The van der Waals surface area contributed by atoms with Crippen molar-refractivity contribution >= 4 is 5.91 Å².